The predicted molar refractivity (Wildman–Crippen MR) is 55.8 cm³/mol. The molecule has 1 amide bonds. The summed E-state index contributed by atoms with van der Waals surface area (Å²) in [6.45, 7) is 0. The minimum absolute atomic E-state index is 0.135. The predicted octanol–water partition coefficient (Wildman–Crippen LogP) is 1.28. The first-order valence-electron chi connectivity index (χ1n) is 3.98. The fourth-order valence-electron chi connectivity index (χ4n) is 0.805. The summed E-state index contributed by atoms with van der Waals surface area (Å²) in [5.74, 6) is 1.01. The van der Waals surface area contributed by atoms with Crippen LogP contribution in [-0.4, -0.2) is 22.4 Å². The lowest BCUT2D eigenvalue weighted by atomic mass is 10.4. The van der Waals surface area contributed by atoms with Crippen LogP contribution in [0.1, 0.15) is 0 Å². The fourth-order valence-corrected chi connectivity index (χ4v) is 1.26. The van der Waals surface area contributed by atoms with Crippen LogP contribution in [0.25, 0.3) is 0 Å². The van der Waals surface area contributed by atoms with E-state index in [1.807, 2.05) is 6.07 Å². The summed E-state index contributed by atoms with van der Waals surface area (Å²) in [5, 5.41) is 10.9. The largest absolute Gasteiger partial charge is 0.310 e. The molecule has 4 nitrogen and oxygen atoms in total. The third kappa shape index (κ3) is 3.92. The van der Waals surface area contributed by atoms with Crippen molar-refractivity contribution in [1.82, 2.24) is 4.98 Å². The van der Waals surface area contributed by atoms with Crippen LogP contribution in [-0.2, 0) is 4.79 Å². The van der Waals surface area contributed by atoms with E-state index in [1.165, 1.54) is 11.8 Å². The normalized spacial score (nSPS) is 9.07. The monoisotopic (exact) mass is 207 g/mol. The molecule has 1 N–H and O–H groups in total. The Morgan fingerprint density at radius 3 is 3.14 bits per heavy atom. The van der Waals surface area contributed by atoms with E-state index in [0.717, 1.165) is 0 Å². The molecule has 0 atom stereocenters. The maximum absolute atomic E-state index is 11.2. The van der Waals surface area contributed by atoms with Crippen molar-refractivity contribution < 1.29 is 4.79 Å². The van der Waals surface area contributed by atoms with E-state index in [4.69, 9.17) is 5.26 Å². The minimum atomic E-state index is -0.135. The Morgan fingerprint density at radius 1 is 1.64 bits per heavy atom. The zero-order chi connectivity index (χ0) is 10.2. The average Bonchev–Trinajstić information content (AvgIpc) is 2.20. The zero-order valence-electron chi connectivity index (χ0n) is 7.43. The van der Waals surface area contributed by atoms with Gasteiger partial charge in [-0.05, 0) is 12.1 Å². The molecule has 0 aliphatic rings. The molecule has 0 aliphatic carbocycles. The Bertz CT molecular complexity index is 334. The Balaban J connectivity index is 2.32. The molecule has 0 saturated heterocycles. The first-order chi connectivity index (χ1) is 6.83. The van der Waals surface area contributed by atoms with Gasteiger partial charge in [-0.15, -0.1) is 11.8 Å². The number of hydrogen-bond donors (Lipinski definition) is 1. The molecular weight excluding hydrogens is 198 g/mol. The van der Waals surface area contributed by atoms with Gasteiger partial charge in [-0.3, -0.25) is 4.79 Å². The van der Waals surface area contributed by atoms with E-state index in [-0.39, 0.29) is 11.7 Å². The molecule has 0 radical (unpaired) electrons. The summed E-state index contributed by atoms with van der Waals surface area (Å²) in [5.41, 5.74) is 0. The molecule has 0 aromatic carbocycles. The molecule has 0 bridgehead atoms. The molecule has 0 saturated carbocycles. The van der Waals surface area contributed by atoms with Gasteiger partial charge in [0.2, 0.25) is 5.91 Å². The first kappa shape index (κ1) is 10.5. The number of carbonyl (C=O) groups is 1. The van der Waals surface area contributed by atoms with Crippen molar-refractivity contribution in [3.8, 4) is 6.07 Å². The molecule has 1 aromatic heterocycles. The highest BCUT2D eigenvalue weighted by molar-refractivity contribution is 8.00. The highest BCUT2D eigenvalue weighted by Gasteiger charge is 2.01. The number of rotatable bonds is 4. The van der Waals surface area contributed by atoms with Gasteiger partial charge in [0.05, 0.1) is 17.6 Å². The van der Waals surface area contributed by atoms with Crippen LogP contribution in [0.2, 0.25) is 0 Å². The average molecular weight is 207 g/mol. The van der Waals surface area contributed by atoms with Crippen LogP contribution >= 0.6 is 11.8 Å². The lowest BCUT2D eigenvalue weighted by Crippen LogP contribution is -2.14. The van der Waals surface area contributed by atoms with Gasteiger partial charge in [0.25, 0.3) is 0 Å². The van der Waals surface area contributed by atoms with Crippen molar-refractivity contribution in [1.29, 1.82) is 5.26 Å². The maximum atomic E-state index is 11.2. The number of hydrogen-bond acceptors (Lipinski definition) is 4. The summed E-state index contributed by atoms with van der Waals surface area (Å²) in [6, 6.07) is 7.24. The molecule has 1 heterocycles. The third-order valence-corrected chi connectivity index (χ3v) is 2.13. The van der Waals surface area contributed by atoms with Crippen LogP contribution < -0.4 is 5.32 Å². The Kier molecular flexibility index (Phi) is 4.51. The van der Waals surface area contributed by atoms with Crippen LogP contribution in [0.5, 0.6) is 0 Å². The van der Waals surface area contributed by atoms with Gasteiger partial charge < -0.3 is 5.32 Å². The second kappa shape index (κ2) is 6.00. The van der Waals surface area contributed by atoms with E-state index in [1.54, 1.807) is 24.4 Å². The van der Waals surface area contributed by atoms with E-state index in [2.05, 4.69) is 10.3 Å². The van der Waals surface area contributed by atoms with E-state index in [0.29, 0.717) is 11.6 Å². The summed E-state index contributed by atoms with van der Waals surface area (Å²) in [4.78, 5) is 15.1. The van der Waals surface area contributed by atoms with E-state index >= 15 is 0 Å². The van der Waals surface area contributed by atoms with Gasteiger partial charge in [-0.1, -0.05) is 6.07 Å². The van der Waals surface area contributed by atoms with Gasteiger partial charge in [0.15, 0.2) is 0 Å². The highest BCUT2D eigenvalue weighted by Crippen LogP contribution is 2.03. The molecule has 14 heavy (non-hydrogen) atoms. The number of nitriles is 1. The quantitative estimate of drug-likeness (QED) is 0.755. The van der Waals surface area contributed by atoms with Gasteiger partial charge in [-0.25, -0.2) is 4.98 Å². The Hall–Kier alpha value is -1.54. The Labute approximate surface area is 86.3 Å². The lowest BCUT2D eigenvalue weighted by Gasteiger charge is -2.01. The van der Waals surface area contributed by atoms with Crippen molar-refractivity contribution in [2.24, 2.45) is 0 Å². The van der Waals surface area contributed by atoms with Crippen LogP contribution in [0.3, 0.4) is 0 Å². The van der Waals surface area contributed by atoms with Crippen molar-refractivity contribution >= 4 is 23.5 Å². The summed E-state index contributed by atoms with van der Waals surface area (Å²) >= 11 is 1.28. The molecule has 5 heteroatoms. The summed E-state index contributed by atoms with van der Waals surface area (Å²) < 4.78 is 0. The number of carbonyl (C=O) groups excluding carboxylic acids is 1. The van der Waals surface area contributed by atoms with Crippen LogP contribution in [0, 0.1) is 11.3 Å². The number of nitrogens with zero attached hydrogens (tertiary/aromatic N) is 2. The number of nitrogens with one attached hydrogen (secondary N) is 1. The topological polar surface area (TPSA) is 65.8 Å². The summed E-state index contributed by atoms with van der Waals surface area (Å²) in [7, 11) is 0. The molecule has 0 spiro atoms. The molecule has 72 valence electrons. The van der Waals surface area contributed by atoms with Crippen molar-refractivity contribution in [3.05, 3.63) is 24.4 Å². The van der Waals surface area contributed by atoms with E-state index in [9.17, 15) is 4.79 Å². The molecular formula is C9H9N3OS. The van der Waals surface area contributed by atoms with Gasteiger partial charge in [0.1, 0.15) is 5.82 Å². The van der Waals surface area contributed by atoms with Crippen LogP contribution in [0.4, 0.5) is 5.82 Å². The molecule has 0 aliphatic heterocycles. The van der Waals surface area contributed by atoms with Gasteiger partial charge >= 0.3 is 0 Å². The molecule has 0 fully saturated rings. The zero-order valence-corrected chi connectivity index (χ0v) is 8.25. The van der Waals surface area contributed by atoms with Gasteiger partial charge in [0, 0.05) is 6.20 Å². The standard InChI is InChI=1S/C9H9N3OS/c10-4-6-14-7-9(13)12-8-3-1-2-5-11-8/h1-3,5H,6-7H2,(H,11,12,13). The fraction of sp³-hybridized carbons (Fsp3) is 0.222. The second-order valence-corrected chi connectivity index (χ2v) is 3.40. The number of anilines is 1. The van der Waals surface area contributed by atoms with Crippen molar-refractivity contribution in [2.45, 2.75) is 0 Å². The van der Waals surface area contributed by atoms with E-state index < -0.39 is 0 Å². The molecule has 1 rings (SSSR count). The number of amides is 1. The van der Waals surface area contributed by atoms with Gasteiger partial charge in [-0.2, -0.15) is 5.26 Å². The third-order valence-electron chi connectivity index (χ3n) is 1.33. The summed E-state index contributed by atoms with van der Waals surface area (Å²) in [6.07, 6.45) is 1.61. The van der Waals surface area contributed by atoms with Crippen LogP contribution in [0.15, 0.2) is 24.4 Å². The maximum Gasteiger partial charge on any atom is 0.235 e. The molecule has 1 aromatic rings. The minimum Gasteiger partial charge on any atom is -0.310 e. The van der Waals surface area contributed by atoms with Crippen molar-refractivity contribution in [2.75, 3.05) is 16.8 Å². The number of thioether (sulfide) groups is 1. The lowest BCUT2D eigenvalue weighted by molar-refractivity contribution is -0.113. The highest BCUT2D eigenvalue weighted by atomic mass is 32.2. The second-order valence-electron chi connectivity index (χ2n) is 2.41. The molecule has 0 unspecified atom stereocenters. The number of pyridine rings is 1. The number of aromatic nitrogens is 1. The smallest absolute Gasteiger partial charge is 0.235 e. The first-order valence-corrected chi connectivity index (χ1v) is 5.14. The Morgan fingerprint density at radius 2 is 2.50 bits per heavy atom. The SMILES string of the molecule is N#CCSCC(=O)Nc1ccccn1. The van der Waals surface area contributed by atoms with Crippen molar-refractivity contribution in [3.63, 3.8) is 0 Å².